The molecule has 1 amide bonds. The molecule has 2 aromatic rings. The third kappa shape index (κ3) is 3.21. The number of anilines is 1. The number of nitrogens with zero attached hydrogens (tertiary/aromatic N) is 3. The minimum Gasteiger partial charge on any atom is -0.441 e. The van der Waals surface area contributed by atoms with Crippen LogP contribution < -0.4 is 4.90 Å². The Hall–Kier alpha value is -2.49. The van der Waals surface area contributed by atoms with Gasteiger partial charge < -0.3 is 19.3 Å². The maximum absolute atomic E-state index is 14.7. The van der Waals surface area contributed by atoms with Crippen LogP contribution in [0.2, 0.25) is 0 Å². The summed E-state index contributed by atoms with van der Waals surface area (Å²) in [5, 5.41) is 9.09. The summed E-state index contributed by atoms with van der Waals surface area (Å²) in [6, 6.07) is 4.35. The molecule has 1 aliphatic rings. The maximum atomic E-state index is 14.7. The predicted molar refractivity (Wildman–Crippen MR) is 85.0 cm³/mol. The van der Waals surface area contributed by atoms with E-state index >= 15 is 0 Å². The molecule has 1 fully saturated rings. The van der Waals surface area contributed by atoms with Crippen molar-refractivity contribution < 1.29 is 28.5 Å². The molecule has 1 unspecified atom stereocenters. The van der Waals surface area contributed by atoms with Crippen LogP contribution in [0.5, 0.6) is 0 Å². The number of aliphatic hydroxyl groups excluding tert-OH is 1. The minimum atomic E-state index is -0.743. The lowest BCUT2D eigenvalue weighted by Crippen LogP contribution is -2.25. The first-order chi connectivity index (χ1) is 12.1. The summed E-state index contributed by atoms with van der Waals surface area (Å²) in [5.41, 5.74) is 0.584. The van der Waals surface area contributed by atoms with E-state index in [4.69, 9.17) is 19.3 Å². The highest BCUT2D eigenvalue weighted by Crippen LogP contribution is 2.27. The fraction of sp³-hybridized carbons (Fsp3) is 0.375. The van der Waals surface area contributed by atoms with Gasteiger partial charge in [0.1, 0.15) is 11.9 Å². The summed E-state index contributed by atoms with van der Waals surface area (Å²) in [7, 11) is 2.92. The van der Waals surface area contributed by atoms with Crippen molar-refractivity contribution in [2.45, 2.75) is 12.4 Å². The first-order valence-corrected chi connectivity index (χ1v) is 7.56. The Balaban J connectivity index is 1.91. The molecule has 1 atom stereocenters. The lowest BCUT2D eigenvalue weighted by molar-refractivity contribution is -0.112. The molecule has 134 valence electrons. The molecule has 0 spiro atoms. The number of rotatable bonds is 6. The Bertz CT molecular complexity index is 762. The van der Waals surface area contributed by atoms with E-state index in [1.54, 1.807) is 12.3 Å². The second-order valence-electron chi connectivity index (χ2n) is 5.39. The molecular weight excluding hydrogens is 333 g/mol. The highest BCUT2D eigenvalue weighted by Gasteiger charge is 2.32. The standard InChI is InChI=1S/C16H18FN3O5/c1-23-15(24-2)14-18-5-6-19(14)13-4-3-10(7-12(13)17)20-8-11(9-21)25-16(20)22/h3-7,11,15,21H,8-9H2,1-2H3. The van der Waals surface area contributed by atoms with Crippen molar-refractivity contribution in [3.8, 4) is 5.69 Å². The van der Waals surface area contributed by atoms with Crippen LogP contribution in [-0.2, 0) is 14.2 Å². The van der Waals surface area contributed by atoms with Crippen molar-refractivity contribution in [3.05, 3.63) is 42.2 Å². The topological polar surface area (TPSA) is 86.1 Å². The number of imidazole rings is 1. The fourth-order valence-electron chi connectivity index (χ4n) is 2.69. The van der Waals surface area contributed by atoms with Gasteiger partial charge in [0.2, 0.25) is 6.29 Å². The average Bonchev–Trinajstić information content (AvgIpc) is 3.23. The van der Waals surface area contributed by atoms with Crippen molar-refractivity contribution in [2.24, 2.45) is 0 Å². The molecule has 25 heavy (non-hydrogen) atoms. The Labute approximate surface area is 143 Å². The molecular formula is C16H18FN3O5. The molecule has 1 aromatic carbocycles. The van der Waals surface area contributed by atoms with Crippen LogP contribution >= 0.6 is 0 Å². The van der Waals surface area contributed by atoms with E-state index in [-0.39, 0.29) is 18.8 Å². The number of aliphatic hydroxyl groups is 1. The third-order valence-corrected chi connectivity index (χ3v) is 3.89. The average molecular weight is 351 g/mol. The summed E-state index contributed by atoms with van der Waals surface area (Å²) >= 11 is 0. The van der Waals surface area contributed by atoms with E-state index in [9.17, 15) is 9.18 Å². The molecule has 1 aromatic heterocycles. The molecule has 3 rings (SSSR count). The maximum Gasteiger partial charge on any atom is 0.414 e. The van der Waals surface area contributed by atoms with Crippen LogP contribution in [0.1, 0.15) is 12.1 Å². The molecule has 0 radical (unpaired) electrons. The first-order valence-electron chi connectivity index (χ1n) is 7.56. The van der Waals surface area contributed by atoms with Crippen molar-refractivity contribution in [1.82, 2.24) is 9.55 Å². The van der Waals surface area contributed by atoms with Crippen LogP contribution in [0, 0.1) is 5.82 Å². The number of carbonyl (C=O) groups is 1. The molecule has 0 bridgehead atoms. The van der Waals surface area contributed by atoms with E-state index in [0.717, 1.165) is 0 Å². The van der Waals surface area contributed by atoms with Crippen molar-refractivity contribution in [2.75, 3.05) is 32.3 Å². The lowest BCUT2D eigenvalue weighted by atomic mass is 10.2. The number of hydrogen-bond acceptors (Lipinski definition) is 6. The highest BCUT2D eigenvalue weighted by atomic mass is 19.1. The summed E-state index contributed by atoms with van der Waals surface area (Å²) < 4.78 is 31.5. The molecule has 1 N–H and O–H groups in total. The summed E-state index contributed by atoms with van der Waals surface area (Å²) in [6.45, 7) is -0.115. The molecule has 0 aliphatic carbocycles. The Kier molecular flexibility index (Phi) is 4.98. The lowest BCUT2D eigenvalue weighted by Gasteiger charge is -2.17. The van der Waals surface area contributed by atoms with Crippen LogP contribution in [0.3, 0.4) is 0 Å². The van der Waals surface area contributed by atoms with E-state index < -0.39 is 24.3 Å². The van der Waals surface area contributed by atoms with Gasteiger partial charge in [-0.2, -0.15) is 0 Å². The van der Waals surface area contributed by atoms with Gasteiger partial charge in [0.15, 0.2) is 5.82 Å². The SMILES string of the molecule is COC(OC)c1nccn1-c1ccc(N2CC(CO)OC2=O)cc1F. The van der Waals surface area contributed by atoms with Crippen molar-refractivity contribution in [3.63, 3.8) is 0 Å². The van der Waals surface area contributed by atoms with E-state index in [1.165, 1.54) is 42.0 Å². The normalized spacial score (nSPS) is 17.4. The van der Waals surface area contributed by atoms with Gasteiger partial charge in [-0.1, -0.05) is 0 Å². The van der Waals surface area contributed by atoms with Gasteiger partial charge in [0.05, 0.1) is 24.5 Å². The summed E-state index contributed by atoms with van der Waals surface area (Å²) in [6.07, 6.45) is 1.13. The predicted octanol–water partition coefficient (Wildman–Crippen LogP) is 1.62. The van der Waals surface area contributed by atoms with Gasteiger partial charge in [-0.05, 0) is 18.2 Å². The van der Waals surface area contributed by atoms with Crippen molar-refractivity contribution >= 4 is 11.8 Å². The number of cyclic esters (lactones) is 1. The van der Waals surface area contributed by atoms with E-state index in [0.29, 0.717) is 11.5 Å². The fourth-order valence-corrected chi connectivity index (χ4v) is 2.69. The van der Waals surface area contributed by atoms with E-state index in [1.807, 2.05) is 0 Å². The van der Waals surface area contributed by atoms with Gasteiger partial charge >= 0.3 is 6.09 Å². The Morgan fingerprint density at radius 2 is 2.20 bits per heavy atom. The molecule has 1 aliphatic heterocycles. The first kappa shape index (κ1) is 17.3. The third-order valence-electron chi connectivity index (χ3n) is 3.89. The van der Waals surface area contributed by atoms with Crippen LogP contribution in [0.25, 0.3) is 5.69 Å². The van der Waals surface area contributed by atoms with E-state index in [2.05, 4.69) is 4.98 Å². The van der Waals surface area contributed by atoms with Gasteiger partial charge in [-0.25, -0.2) is 14.2 Å². The summed E-state index contributed by atoms with van der Waals surface area (Å²) in [4.78, 5) is 17.2. The van der Waals surface area contributed by atoms with Crippen LogP contribution in [-0.4, -0.2) is 54.2 Å². The zero-order valence-electron chi connectivity index (χ0n) is 13.8. The molecule has 1 saturated heterocycles. The number of benzene rings is 1. The number of methoxy groups -OCH3 is 2. The molecule has 2 heterocycles. The zero-order chi connectivity index (χ0) is 18.0. The van der Waals surface area contributed by atoms with Gasteiger partial charge in [-0.3, -0.25) is 9.47 Å². The van der Waals surface area contributed by atoms with Gasteiger partial charge in [0, 0.05) is 26.6 Å². The van der Waals surface area contributed by atoms with Crippen LogP contribution in [0.4, 0.5) is 14.9 Å². The van der Waals surface area contributed by atoms with Gasteiger partial charge in [0.25, 0.3) is 0 Å². The number of amides is 1. The quantitative estimate of drug-likeness (QED) is 0.796. The second-order valence-corrected chi connectivity index (χ2v) is 5.39. The number of ether oxygens (including phenoxy) is 3. The number of halogens is 1. The summed E-state index contributed by atoms with van der Waals surface area (Å²) in [5.74, 6) is -0.166. The minimum absolute atomic E-state index is 0.167. The van der Waals surface area contributed by atoms with Crippen molar-refractivity contribution in [1.29, 1.82) is 0 Å². The number of aromatic nitrogens is 2. The smallest absolute Gasteiger partial charge is 0.414 e. The zero-order valence-corrected chi connectivity index (χ0v) is 13.8. The number of hydrogen-bond donors (Lipinski definition) is 1. The monoisotopic (exact) mass is 351 g/mol. The highest BCUT2D eigenvalue weighted by molar-refractivity contribution is 5.89. The second kappa shape index (κ2) is 7.18. The molecule has 8 nitrogen and oxygen atoms in total. The molecule has 9 heteroatoms. The largest absolute Gasteiger partial charge is 0.441 e. The Morgan fingerprint density at radius 1 is 1.44 bits per heavy atom. The Morgan fingerprint density at radius 3 is 2.80 bits per heavy atom. The van der Waals surface area contributed by atoms with Crippen LogP contribution in [0.15, 0.2) is 30.6 Å². The van der Waals surface area contributed by atoms with Gasteiger partial charge in [-0.15, -0.1) is 0 Å². The number of carbonyl (C=O) groups excluding carboxylic acids is 1. The molecule has 0 saturated carbocycles.